The van der Waals surface area contributed by atoms with Crippen molar-refractivity contribution < 1.29 is 24.2 Å². The third kappa shape index (κ3) is 2.17. The Kier molecular flexibility index (Phi) is 3.02. The summed E-state index contributed by atoms with van der Waals surface area (Å²) >= 11 is 0. The molecule has 2 fully saturated rings. The third-order valence-electron chi connectivity index (χ3n) is 3.21. The molecular weight excluding hydrogens is 240 g/mol. The van der Waals surface area contributed by atoms with Gasteiger partial charge in [-0.3, -0.25) is 9.69 Å². The summed E-state index contributed by atoms with van der Waals surface area (Å²) < 4.78 is 5.28. The maximum Gasteiger partial charge on any atom is 0.332 e. The summed E-state index contributed by atoms with van der Waals surface area (Å²) in [5.41, 5.74) is -0.901. The number of carbonyl (C=O) groups is 3. The molecule has 0 aliphatic carbocycles. The summed E-state index contributed by atoms with van der Waals surface area (Å²) in [6, 6.07) is -0.452. The first-order valence-corrected chi connectivity index (χ1v) is 5.83. The molecule has 0 radical (unpaired) electrons. The Balaban J connectivity index is 1.97. The molecule has 18 heavy (non-hydrogen) atoms. The summed E-state index contributed by atoms with van der Waals surface area (Å²) in [7, 11) is 0. The van der Waals surface area contributed by atoms with Gasteiger partial charge in [0.25, 0.3) is 5.91 Å². The van der Waals surface area contributed by atoms with E-state index in [0.717, 1.165) is 4.90 Å². The van der Waals surface area contributed by atoms with E-state index in [1.165, 1.54) is 0 Å². The van der Waals surface area contributed by atoms with Crippen molar-refractivity contribution in [2.75, 3.05) is 6.54 Å². The Labute approximate surface area is 104 Å². The number of aliphatic carboxylic acids is 1. The number of amides is 3. The first-order chi connectivity index (χ1) is 8.31. The highest BCUT2D eigenvalue weighted by molar-refractivity contribution is 6.06. The third-order valence-corrected chi connectivity index (χ3v) is 3.21. The second kappa shape index (κ2) is 4.24. The maximum absolute atomic E-state index is 11.9. The van der Waals surface area contributed by atoms with Gasteiger partial charge in [0, 0.05) is 0 Å². The SMILES string of the molecule is CC1(C)NC(=O)N(CC2CCC(C(=O)O)O2)C1=O. The molecule has 100 valence electrons. The highest BCUT2D eigenvalue weighted by Crippen LogP contribution is 2.24. The lowest BCUT2D eigenvalue weighted by Gasteiger charge is -2.19. The summed E-state index contributed by atoms with van der Waals surface area (Å²) in [5, 5.41) is 11.4. The zero-order chi connectivity index (χ0) is 13.5. The van der Waals surface area contributed by atoms with Crippen LogP contribution in [0.5, 0.6) is 0 Å². The van der Waals surface area contributed by atoms with Gasteiger partial charge in [0.15, 0.2) is 6.10 Å². The fourth-order valence-corrected chi connectivity index (χ4v) is 2.21. The van der Waals surface area contributed by atoms with Gasteiger partial charge in [0.1, 0.15) is 5.54 Å². The average Bonchev–Trinajstić information content (AvgIpc) is 2.78. The smallest absolute Gasteiger partial charge is 0.332 e. The zero-order valence-electron chi connectivity index (χ0n) is 10.3. The van der Waals surface area contributed by atoms with Crippen LogP contribution in [-0.2, 0) is 14.3 Å². The molecular formula is C11H16N2O5. The second-order valence-electron chi connectivity index (χ2n) is 5.13. The van der Waals surface area contributed by atoms with Crippen LogP contribution in [0.1, 0.15) is 26.7 Å². The van der Waals surface area contributed by atoms with E-state index in [0.29, 0.717) is 12.8 Å². The number of carbonyl (C=O) groups excluding carboxylic acids is 2. The largest absolute Gasteiger partial charge is 0.479 e. The van der Waals surface area contributed by atoms with Crippen LogP contribution in [0.4, 0.5) is 4.79 Å². The topological polar surface area (TPSA) is 95.9 Å². The zero-order valence-corrected chi connectivity index (χ0v) is 10.3. The average molecular weight is 256 g/mol. The number of hydrogen-bond donors (Lipinski definition) is 2. The van der Waals surface area contributed by atoms with Gasteiger partial charge in [0.05, 0.1) is 12.6 Å². The van der Waals surface area contributed by atoms with Gasteiger partial charge in [-0.25, -0.2) is 9.59 Å². The number of ether oxygens (including phenoxy) is 1. The number of carboxylic acid groups (broad SMARTS) is 1. The minimum Gasteiger partial charge on any atom is -0.479 e. The van der Waals surface area contributed by atoms with Crippen LogP contribution >= 0.6 is 0 Å². The standard InChI is InChI=1S/C11H16N2O5/c1-11(2)9(16)13(10(17)12-11)5-6-3-4-7(18-6)8(14)15/h6-7H,3-5H2,1-2H3,(H,12,17)(H,14,15). The quantitative estimate of drug-likeness (QED) is 0.690. The van der Waals surface area contributed by atoms with E-state index in [2.05, 4.69) is 5.32 Å². The number of nitrogens with zero attached hydrogens (tertiary/aromatic N) is 1. The van der Waals surface area contributed by atoms with E-state index in [1.807, 2.05) is 0 Å². The van der Waals surface area contributed by atoms with E-state index in [1.54, 1.807) is 13.8 Å². The molecule has 2 heterocycles. The van der Waals surface area contributed by atoms with Crippen LogP contribution in [-0.4, -0.2) is 52.2 Å². The van der Waals surface area contributed by atoms with Gasteiger partial charge in [0.2, 0.25) is 0 Å². The fraction of sp³-hybridized carbons (Fsp3) is 0.727. The first-order valence-electron chi connectivity index (χ1n) is 5.83. The van der Waals surface area contributed by atoms with Crippen molar-refractivity contribution >= 4 is 17.9 Å². The second-order valence-corrected chi connectivity index (χ2v) is 5.13. The molecule has 3 amide bonds. The molecule has 2 atom stereocenters. The van der Waals surface area contributed by atoms with Crippen LogP contribution < -0.4 is 5.32 Å². The predicted molar refractivity (Wildman–Crippen MR) is 59.9 cm³/mol. The number of nitrogens with one attached hydrogen (secondary N) is 1. The molecule has 2 saturated heterocycles. The van der Waals surface area contributed by atoms with Gasteiger partial charge < -0.3 is 15.2 Å². The van der Waals surface area contributed by atoms with Crippen LogP contribution in [0.25, 0.3) is 0 Å². The molecule has 7 nitrogen and oxygen atoms in total. The molecule has 2 aliphatic rings. The molecule has 0 spiro atoms. The van der Waals surface area contributed by atoms with Gasteiger partial charge in [-0.2, -0.15) is 0 Å². The Bertz CT molecular complexity index is 406. The van der Waals surface area contributed by atoms with Crippen LogP contribution in [0.2, 0.25) is 0 Å². The highest BCUT2D eigenvalue weighted by Gasteiger charge is 2.45. The lowest BCUT2D eigenvalue weighted by molar-refractivity contribution is -0.149. The molecule has 2 aliphatic heterocycles. The molecule has 0 aromatic rings. The predicted octanol–water partition coefficient (Wildman–Crippen LogP) is -0.0510. The number of carboxylic acids is 1. The minimum absolute atomic E-state index is 0.109. The van der Waals surface area contributed by atoms with Crippen molar-refractivity contribution in [2.45, 2.75) is 44.4 Å². The molecule has 0 saturated carbocycles. The Hall–Kier alpha value is -1.63. The minimum atomic E-state index is -1.00. The number of hydrogen-bond acceptors (Lipinski definition) is 4. The molecule has 0 aromatic heterocycles. The van der Waals surface area contributed by atoms with Crippen molar-refractivity contribution in [3.8, 4) is 0 Å². The fourth-order valence-electron chi connectivity index (χ4n) is 2.21. The molecule has 0 bridgehead atoms. The summed E-state index contributed by atoms with van der Waals surface area (Å²) in [6.45, 7) is 3.36. The number of rotatable bonds is 3. The Morgan fingerprint density at radius 2 is 2.17 bits per heavy atom. The van der Waals surface area contributed by atoms with Gasteiger partial charge >= 0.3 is 12.0 Å². The van der Waals surface area contributed by atoms with Crippen molar-refractivity contribution in [2.24, 2.45) is 0 Å². The van der Waals surface area contributed by atoms with Gasteiger partial charge in [-0.15, -0.1) is 0 Å². The van der Waals surface area contributed by atoms with Crippen LogP contribution in [0, 0.1) is 0 Å². The Morgan fingerprint density at radius 1 is 1.50 bits per heavy atom. The monoisotopic (exact) mass is 256 g/mol. The van der Waals surface area contributed by atoms with E-state index in [4.69, 9.17) is 9.84 Å². The summed E-state index contributed by atoms with van der Waals surface area (Å²) in [5.74, 6) is -1.31. The van der Waals surface area contributed by atoms with E-state index >= 15 is 0 Å². The van der Waals surface area contributed by atoms with Gasteiger partial charge in [-0.05, 0) is 26.7 Å². The molecule has 2 rings (SSSR count). The lowest BCUT2D eigenvalue weighted by atomic mass is 10.1. The number of urea groups is 1. The number of imide groups is 1. The summed E-state index contributed by atoms with van der Waals surface area (Å²) in [6.07, 6.45) is -0.278. The first kappa shape index (κ1) is 12.8. The lowest BCUT2D eigenvalue weighted by Crippen LogP contribution is -2.41. The van der Waals surface area contributed by atoms with Crippen molar-refractivity contribution in [1.29, 1.82) is 0 Å². The van der Waals surface area contributed by atoms with E-state index < -0.39 is 29.7 Å². The normalized spacial score (nSPS) is 30.7. The van der Waals surface area contributed by atoms with Crippen molar-refractivity contribution in [3.63, 3.8) is 0 Å². The highest BCUT2D eigenvalue weighted by atomic mass is 16.5. The molecule has 0 aromatic carbocycles. The van der Waals surface area contributed by atoms with Crippen LogP contribution in [0.15, 0.2) is 0 Å². The van der Waals surface area contributed by atoms with Crippen LogP contribution in [0.3, 0.4) is 0 Å². The summed E-state index contributed by atoms with van der Waals surface area (Å²) in [4.78, 5) is 35.4. The molecule has 2 N–H and O–H groups in total. The molecule has 2 unspecified atom stereocenters. The van der Waals surface area contributed by atoms with Crippen molar-refractivity contribution in [1.82, 2.24) is 10.2 Å². The Morgan fingerprint density at radius 3 is 2.61 bits per heavy atom. The van der Waals surface area contributed by atoms with Crippen molar-refractivity contribution in [3.05, 3.63) is 0 Å². The van der Waals surface area contributed by atoms with E-state index in [-0.39, 0.29) is 12.5 Å². The van der Waals surface area contributed by atoms with E-state index in [9.17, 15) is 14.4 Å². The molecule has 7 heteroatoms. The maximum atomic E-state index is 11.9. The van der Waals surface area contributed by atoms with Gasteiger partial charge in [-0.1, -0.05) is 0 Å².